The van der Waals surface area contributed by atoms with Gasteiger partial charge in [-0.05, 0) is 42.7 Å². The number of aryl methyl sites for hydroxylation is 1. The Hall–Kier alpha value is -2.01. The van der Waals surface area contributed by atoms with Gasteiger partial charge in [0.05, 0.1) is 11.8 Å². The highest BCUT2D eigenvalue weighted by atomic mass is 35.5. The summed E-state index contributed by atoms with van der Waals surface area (Å²) in [5, 5.41) is 2.58. The van der Waals surface area contributed by atoms with Crippen LogP contribution in [0.3, 0.4) is 0 Å². The van der Waals surface area contributed by atoms with Gasteiger partial charge in [-0.3, -0.25) is 4.79 Å². The van der Waals surface area contributed by atoms with Crippen molar-refractivity contribution in [3.8, 4) is 0 Å². The lowest BCUT2D eigenvalue weighted by molar-refractivity contribution is 0.0953. The van der Waals surface area contributed by atoms with Crippen molar-refractivity contribution in [2.45, 2.75) is 13.3 Å². The van der Waals surface area contributed by atoms with Crippen LogP contribution in [0.4, 0.5) is 8.78 Å². The first-order valence-corrected chi connectivity index (χ1v) is 6.69. The molecule has 1 amide bonds. The minimum absolute atomic E-state index is 0.00695. The highest BCUT2D eigenvalue weighted by molar-refractivity contribution is 6.32. The van der Waals surface area contributed by atoms with Crippen LogP contribution in [0.1, 0.15) is 21.5 Å². The van der Waals surface area contributed by atoms with Crippen molar-refractivity contribution in [3.05, 3.63) is 63.9 Å². The van der Waals surface area contributed by atoms with Gasteiger partial charge in [0.25, 0.3) is 5.91 Å². The van der Waals surface area contributed by atoms with Gasteiger partial charge < -0.3 is 5.32 Å². The lowest BCUT2D eigenvalue weighted by Gasteiger charge is -2.08. The second-order valence-corrected chi connectivity index (χ2v) is 4.93. The molecule has 0 fully saturated rings. The first-order valence-electron chi connectivity index (χ1n) is 6.31. The van der Waals surface area contributed by atoms with E-state index < -0.39 is 11.7 Å². The summed E-state index contributed by atoms with van der Waals surface area (Å²) in [5.41, 5.74) is 1.74. The molecule has 6 heteroatoms. The molecule has 0 aliphatic carbocycles. The van der Waals surface area contributed by atoms with Crippen molar-refractivity contribution >= 4 is 17.5 Å². The second-order valence-electron chi connectivity index (χ2n) is 4.57. The van der Waals surface area contributed by atoms with E-state index in [9.17, 15) is 13.6 Å². The number of nitrogens with zero attached hydrogens (tertiary/aromatic N) is 1. The average Bonchev–Trinajstić information content (AvgIpc) is 2.43. The number of hydrogen-bond donors (Lipinski definition) is 1. The van der Waals surface area contributed by atoms with Gasteiger partial charge in [-0.25, -0.2) is 13.8 Å². The van der Waals surface area contributed by atoms with Crippen LogP contribution >= 0.6 is 11.6 Å². The Balaban J connectivity index is 1.97. The minimum Gasteiger partial charge on any atom is -0.352 e. The number of amides is 1. The van der Waals surface area contributed by atoms with Crippen molar-refractivity contribution in [3.63, 3.8) is 0 Å². The van der Waals surface area contributed by atoms with E-state index in [-0.39, 0.29) is 16.5 Å². The van der Waals surface area contributed by atoms with E-state index in [0.717, 1.165) is 23.4 Å². The number of carbonyl (C=O) groups is 1. The molecule has 0 unspecified atom stereocenters. The summed E-state index contributed by atoms with van der Waals surface area (Å²) in [5.74, 6) is -1.41. The maximum absolute atomic E-state index is 13.0. The van der Waals surface area contributed by atoms with E-state index in [1.165, 1.54) is 12.1 Å². The number of aromatic nitrogens is 1. The topological polar surface area (TPSA) is 42.0 Å². The number of nitrogens with one attached hydrogen (secondary N) is 1. The van der Waals surface area contributed by atoms with E-state index in [1.54, 1.807) is 13.0 Å². The average molecular weight is 311 g/mol. The number of carbonyl (C=O) groups excluding carboxylic acids is 1. The fourth-order valence-corrected chi connectivity index (χ4v) is 2.12. The highest BCUT2D eigenvalue weighted by Gasteiger charge is 2.12. The Bertz CT molecular complexity index is 677. The van der Waals surface area contributed by atoms with Crippen LogP contribution in [0, 0.1) is 18.6 Å². The van der Waals surface area contributed by atoms with E-state index in [1.807, 2.05) is 0 Å². The third kappa shape index (κ3) is 3.98. The highest BCUT2D eigenvalue weighted by Crippen LogP contribution is 2.14. The largest absolute Gasteiger partial charge is 0.352 e. The first kappa shape index (κ1) is 15.4. The molecule has 1 aromatic heterocycles. The van der Waals surface area contributed by atoms with E-state index in [0.29, 0.717) is 13.0 Å². The summed E-state index contributed by atoms with van der Waals surface area (Å²) in [7, 11) is 0. The molecule has 0 aliphatic heterocycles. The van der Waals surface area contributed by atoms with Crippen molar-refractivity contribution in [1.82, 2.24) is 10.3 Å². The zero-order valence-electron chi connectivity index (χ0n) is 11.3. The molecule has 0 atom stereocenters. The number of hydrogen-bond acceptors (Lipinski definition) is 2. The Morgan fingerprint density at radius 2 is 2.05 bits per heavy atom. The molecule has 0 bridgehead atoms. The van der Waals surface area contributed by atoms with Gasteiger partial charge in [0.2, 0.25) is 0 Å². The predicted molar refractivity (Wildman–Crippen MR) is 76.4 cm³/mol. The first-order chi connectivity index (χ1) is 9.97. The van der Waals surface area contributed by atoms with E-state index in [4.69, 9.17) is 11.6 Å². The fourth-order valence-electron chi connectivity index (χ4n) is 1.93. The van der Waals surface area contributed by atoms with Crippen molar-refractivity contribution in [2.24, 2.45) is 0 Å². The van der Waals surface area contributed by atoms with Gasteiger partial charge in [-0.2, -0.15) is 0 Å². The molecule has 0 saturated carbocycles. The number of rotatable bonds is 4. The van der Waals surface area contributed by atoms with E-state index in [2.05, 4.69) is 10.3 Å². The summed E-state index contributed by atoms with van der Waals surface area (Å²) in [6, 6.07) is 5.52. The molecule has 0 spiro atoms. The number of pyridine rings is 1. The molecule has 2 aromatic rings. The smallest absolute Gasteiger partial charge is 0.254 e. The summed E-state index contributed by atoms with van der Waals surface area (Å²) in [6.07, 6.45) is 1.49. The van der Waals surface area contributed by atoms with Crippen LogP contribution in [0.25, 0.3) is 0 Å². The zero-order chi connectivity index (χ0) is 15.4. The van der Waals surface area contributed by atoms with Crippen LogP contribution < -0.4 is 5.32 Å². The predicted octanol–water partition coefficient (Wildman–Crippen LogP) is 3.29. The third-order valence-corrected chi connectivity index (χ3v) is 3.34. The maximum atomic E-state index is 13.0. The molecule has 1 heterocycles. The number of halogens is 3. The Morgan fingerprint density at radius 1 is 1.29 bits per heavy atom. The molecule has 1 N–H and O–H groups in total. The lowest BCUT2D eigenvalue weighted by Crippen LogP contribution is -2.26. The Labute approximate surface area is 126 Å². The van der Waals surface area contributed by atoms with Crippen LogP contribution in [0.15, 0.2) is 30.5 Å². The Morgan fingerprint density at radius 3 is 2.76 bits per heavy atom. The number of benzene rings is 1. The van der Waals surface area contributed by atoms with Gasteiger partial charge in [-0.1, -0.05) is 17.7 Å². The molecule has 110 valence electrons. The third-order valence-electron chi connectivity index (χ3n) is 3.03. The molecule has 1 aromatic carbocycles. The molecular formula is C15H13ClF2N2O. The molecule has 0 aliphatic rings. The molecule has 0 radical (unpaired) electrons. The SMILES string of the molecule is Cc1cc(F)ccc1CCNC(=O)c1cc(F)cnc1Cl. The Kier molecular flexibility index (Phi) is 4.85. The standard InChI is InChI=1S/C15H13ClF2N2O/c1-9-6-11(17)3-2-10(9)4-5-19-15(21)13-7-12(18)8-20-14(13)16/h2-3,6-8H,4-5H2,1H3,(H,19,21). The van der Waals surface area contributed by atoms with Crippen molar-refractivity contribution in [2.75, 3.05) is 6.54 Å². The summed E-state index contributed by atoms with van der Waals surface area (Å²) in [4.78, 5) is 15.5. The molecule has 21 heavy (non-hydrogen) atoms. The van der Waals surface area contributed by atoms with Gasteiger partial charge >= 0.3 is 0 Å². The lowest BCUT2D eigenvalue weighted by atomic mass is 10.1. The van der Waals surface area contributed by atoms with Crippen LogP contribution in [-0.4, -0.2) is 17.4 Å². The molecule has 0 saturated heterocycles. The van der Waals surface area contributed by atoms with Crippen molar-refractivity contribution in [1.29, 1.82) is 0 Å². The van der Waals surface area contributed by atoms with Gasteiger partial charge in [0.15, 0.2) is 0 Å². The molecule has 2 rings (SSSR count). The summed E-state index contributed by atoms with van der Waals surface area (Å²) in [6.45, 7) is 2.13. The van der Waals surface area contributed by atoms with Crippen molar-refractivity contribution < 1.29 is 13.6 Å². The van der Waals surface area contributed by atoms with Crippen LogP contribution in [0.5, 0.6) is 0 Å². The molecular weight excluding hydrogens is 298 g/mol. The van der Waals surface area contributed by atoms with Crippen LogP contribution in [-0.2, 0) is 6.42 Å². The quantitative estimate of drug-likeness (QED) is 0.881. The fraction of sp³-hybridized carbons (Fsp3) is 0.200. The molecule has 3 nitrogen and oxygen atoms in total. The maximum Gasteiger partial charge on any atom is 0.254 e. The second kappa shape index (κ2) is 6.63. The normalized spacial score (nSPS) is 10.5. The van der Waals surface area contributed by atoms with E-state index >= 15 is 0 Å². The summed E-state index contributed by atoms with van der Waals surface area (Å²) >= 11 is 5.75. The van der Waals surface area contributed by atoms with Gasteiger partial charge in [-0.15, -0.1) is 0 Å². The monoisotopic (exact) mass is 310 g/mol. The van der Waals surface area contributed by atoms with Crippen LogP contribution in [0.2, 0.25) is 5.15 Å². The minimum atomic E-state index is -0.626. The van der Waals surface area contributed by atoms with Gasteiger partial charge in [0.1, 0.15) is 16.8 Å². The van der Waals surface area contributed by atoms with Gasteiger partial charge in [0, 0.05) is 6.54 Å². The summed E-state index contributed by atoms with van der Waals surface area (Å²) < 4.78 is 26.0. The zero-order valence-corrected chi connectivity index (χ0v) is 12.0.